The van der Waals surface area contributed by atoms with Crippen molar-refractivity contribution in [1.82, 2.24) is 14.9 Å². The number of hydrogen-bond acceptors (Lipinski definition) is 9. The second-order valence-corrected chi connectivity index (χ2v) is 12.7. The fraction of sp³-hybridized carbons (Fsp3) is 0.588. The smallest absolute Gasteiger partial charge is 0.411 e. The van der Waals surface area contributed by atoms with Crippen molar-refractivity contribution in [3.8, 4) is 11.8 Å². The Balaban J connectivity index is 1.87. The molecular weight excluding hydrogens is 562 g/mol. The molecule has 0 bridgehead atoms. The normalized spacial score (nSPS) is 22.0. The number of esters is 1. The molecule has 44 heavy (non-hydrogen) atoms. The number of carbonyl (C=O) groups is 2. The molecule has 0 N–H and O–H groups in total. The van der Waals surface area contributed by atoms with Gasteiger partial charge in [0.2, 0.25) is 11.8 Å². The highest BCUT2D eigenvalue weighted by Crippen LogP contribution is 2.51. The summed E-state index contributed by atoms with van der Waals surface area (Å²) in [6.45, 7) is 15.6. The minimum absolute atomic E-state index is 0.0253. The van der Waals surface area contributed by atoms with Crippen molar-refractivity contribution < 1.29 is 33.3 Å². The van der Waals surface area contributed by atoms with Crippen LogP contribution in [0.15, 0.2) is 43.2 Å². The van der Waals surface area contributed by atoms with Crippen LogP contribution < -0.4 is 9.47 Å². The third kappa shape index (κ3) is 7.17. The molecule has 0 unspecified atom stereocenters. The number of rotatable bonds is 12. The third-order valence-electron chi connectivity index (χ3n) is 8.28. The van der Waals surface area contributed by atoms with Crippen molar-refractivity contribution in [2.75, 3.05) is 20.3 Å². The van der Waals surface area contributed by atoms with E-state index in [2.05, 4.69) is 22.6 Å². The Labute approximate surface area is 261 Å². The van der Waals surface area contributed by atoms with E-state index in [-0.39, 0.29) is 25.9 Å². The Morgan fingerprint density at radius 2 is 1.91 bits per heavy atom. The van der Waals surface area contributed by atoms with Crippen LogP contribution in [0, 0.1) is 11.3 Å². The Morgan fingerprint density at radius 1 is 1.16 bits per heavy atom. The standard InChI is InChI=1S/C34H47N3O7/c1-9-17-42-33(39)37-27(25-15-12-16-35-31(25)44-21(3)4)29(26(34(5,6)7)28(37)32(38)41-10-2)43-20-24-18-23(22-13-11-14-22)19-36-30(24)40-8/h9,12,15-16,18-19,21-22,26-29H,1,10-11,13-14,17,20H2,2-8H3/t26-,27+,28+,29-/m1/s1. The molecule has 240 valence electrons. The number of amides is 1. The third-order valence-corrected chi connectivity index (χ3v) is 8.28. The van der Waals surface area contributed by atoms with Gasteiger partial charge in [-0.1, -0.05) is 39.8 Å². The number of ether oxygens (including phenoxy) is 5. The molecule has 0 radical (unpaired) electrons. The largest absolute Gasteiger partial charge is 0.481 e. The molecule has 2 aromatic heterocycles. The maximum atomic E-state index is 13.9. The monoisotopic (exact) mass is 609 g/mol. The van der Waals surface area contributed by atoms with Crippen molar-refractivity contribution in [3.63, 3.8) is 0 Å². The molecule has 1 saturated carbocycles. The lowest BCUT2D eigenvalue weighted by Gasteiger charge is -2.35. The summed E-state index contributed by atoms with van der Waals surface area (Å²) in [5.74, 6) is 0.280. The molecular formula is C34H47N3O7. The number of hydrogen-bond donors (Lipinski definition) is 0. The van der Waals surface area contributed by atoms with Gasteiger partial charge in [0.1, 0.15) is 12.6 Å². The first-order valence-corrected chi connectivity index (χ1v) is 15.5. The fourth-order valence-electron chi connectivity index (χ4n) is 6.19. The van der Waals surface area contributed by atoms with Crippen molar-refractivity contribution in [2.45, 2.75) is 97.6 Å². The quantitative estimate of drug-likeness (QED) is 0.199. The SMILES string of the molecule is C=CCOC(=O)N1[C@H](C(=O)OCC)[C@@H](C(C)(C)C)[C@@H](OCc2cc(C3CCC3)cnc2OC)[C@@H]1c1cccnc1OC(C)C. The molecule has 1 aliphatic carbocycles. The number of methoxy groups -OCH3 is 1. The molecule has 4 atom stereocenters. The summed E-state index contributed by atoms with van der Waals surface area (Å²) in [7, 11) is 1.59. The van der Waals surface area contributed by atoms with Crippen LogP contribution in [0.3, 0.4) is 0 Å². The van der Waals surface area contributed by atoms with Crippen LogP contribution in [0.4, 0.5) is 4.79 Å². The lowest BCUT2D eigenvalue weighted by molar-refractivity contribution is -0.151. The summed E-state index contributed by atoms with van der Waals surface area (Å²) >= 11 is 0. The predicted octanol–water partition coefficient (Wildman–Crippen LogP) is 6.40. The molecule has 1 aliphatic heterocycles. The highest BCUT2D eigenvalue weighted by Gasteiger charge is 2.60. The molecule has 2 aromatic rings. The van der Waals surface area contributed by atoms with Gasteiger partial charge in [0, 0.05) is 29.4 Å². The maximum Gasteiger partial charge on any atom is 0.411 e. The van der Waals surface area contributed by atoms with E-state index in [9.17, 15) is 9.59 Å². The molecule has 3 heterocycles. The average Bonchev–Trinajstić information content (AvgIpc) is 3.30. The summed E-state index contributed by atoms with van der Waals surface area (Å²) in [5, 5.41) is 0. The van der Waals surface area contributed by atoms with Crippen LogP contribution in [0.5, 0.6) is 11.8 Å². The highest BCUT2D eigenvalue weighted by molar-refractivity contribution is 5.83. The summed E-state index contributed by atoms with van der Waals surface area (Å²) in [6, 6.07) is 3.94. The summed E-state index contributed by atoms with van der Waals surface area (Å²) in [6.07, 6.45) is 6.93. The van der Waals surface area contributed by atoms with Gasteiger partial charge in [0.15, 0.2) is 0 Å². The van der Waals surface area contributed by atoms with Gasteiger partial charge in [-0.2, -0.15) is 0 Å². The van der Waals surface area contributed by atoms with Gasteiger partial charge in [-0.15, -0.1) is 0 Å². The lowest BCUT2D eigenvalue weighted by atomic mass is 9.73. The van der Waals surface area contributed by atoms with E-state index in [4.69, 9.17) is 23.7 Å². The fourth-order valence-corrected chi connectivity index (χ4v) is 6.19. The van der Waals surface area contributed by atoms with Crippen molar-refractivity contribution in [1.29, 1.82) is 0 Å². The molecule has 10 nitrogen and oxygen atoms in total. The number of carbonyl (C=O) groups excluding carboxylic acids is 2. The van der Waals surface area contributed by atoms with Gasteiger partial charge < -0.3 is 23.7 Å². The zero-order valence-corrected chi connectivity index (χ0v) is 27.1. The van der Waals surface area contributed by atoms with Crippen LogP contribution in [0.2, 0.25) is 0 Å². The Bertz CT molecular complexity index is 1300. The van der Waals surface area contributed by atoms with Gasteiger partial charge in [0.25, 0.3) is 0 Å². The molecule has 4 rings (SSSR count). The van der Waals surface area contributed by atoms with Crippen molar-refractivity contribution in [3.05, 3.63) is 59.9 Å². The zero-order valence-electron chi connectivity index (χ0n) is 27.1. The first-order chi connectivity index (χ1) is 21.0. The minimum atomic E-state index is -1.00. The van der Waals surface area contributed by atoms with E-state index in [1.54, 1.807) is 26.3 Å². The number of likely N-dealkylation sites (tertiary alicyclic amines) is 1. The van der Waals surface area contributed by atoms with E-state index in [0.717, 1.165) is 24.0 Å². The summed E-state index contributed by atoms with van der Waals surface area (Å²) < 4.78 is 29.8. The van der Waals surface area contributed by atoms with E-state index in [1.165, 1.54) is 17.4 Å². The molecule has 2 aliphatic rings. The van der Waals surface area contributed by atoms with E-state index >= 15 is 0 Å². The molecule has 0 aromatic carbocycles. The summed E-state index contributed by atoms with van der Waals surface area (Å²) in [4.78, 5) is 38.2. The van der Waals surface area contributed by atoms with E-state index in [0.29, 0.717) is 23.2 Å². The first kappa shape index (κ1) is 33.2. The van der Waals surface area contributed by atoms with Crippen molar-refractivity contribution >= 4 is 12.1 Å². The van der Waals surface area contributed by atoms with Gasteiger partial charge in [-0.05, 0) is 68.7 Å². The Hall–Kier alpha value is -3.66. The zero-order chi connectivity index (χ0) is 32.0. The summed E-state index contributed by atoms with van der Waals surface area (Å²) in [5.41, 5.74) is 2.06. The van der Waals surface area contributed by atoms with E-state index in [1.807, 2.05) is 46.9 Å². The van der Waals surface area contributed by atoms with E-state index < -0.39 is 41.6 Å². The number of nitrogens with zero attached hydrogens (tertiary/aromatic N) is 3. The molecule has 1 amide bonds. The van der Waals surface area contributed by atoms with Crippen LogP contribution in [0.25, 0.3) is 0 Å². The van der Waals surface area contributed by atoms with Gasteiger partial charge in [-0.25, -0.2) is 19.6 Å². The highest BCUT2D eigenvalue weighted by atomic mass is 16.6. The average molecular weight is 610 g/mol. The van der Waals surface area contributed by atoms with Crippen molar-refractivity contribution in [2.24, 2.45) is 11.3 Å². The van der Waals surface area contributed by atoms with Gasteiger partial charge >= 0.3 is 12.1 Å². The molecule has 1 saturated heterocycles. The van der Waals surface area contributed by atoms with Gasteiger partial charge in [0.05, 0.1) is 38.6 Å². The second kappa shape index (κ2) is 14.4. The molecule has 2 fully saturated rings. The Kier molecular flexibility index (Phi) is 10.9. The van der Waals surface area contributed by atoms with Crippen LogP contribution in [-0.2, 0) is 25.6 Å². The lowest BCUT2D eigenvalue weighted by Crippen LogP contribution is -2.48. The number of aromatic nitrogens is 2. The number of pyridine rings is 2. The molecule has 0 spiro atoms. The van der Waals surface area contributed by atoms with Crippen LogP contribution in [-0.4, -0.2) is 65.5 Å². The minimum Gasteiger partial charge on any atom is -0.481 e. The van der Waals surface area contributed by atoms with Crippen LogP contribution >= 0.6 is 0 Å². The maximum absolute atomic E-state index is 13.9. The van der Waals surface area contributed by atoms with Crippen LogP contribution in [0.1, 0.15) is 89.5 Å². The first-order valence-electron chi connectivity index (χ1n) is 15.5. The molecule has 10 heteroatoms. The second-order valence-electron chi connectivity index (χ2n) is 12.7. The Morgan fingerprint density at radius 3 is 2.50 bits per heavy atom. The van der Waals surface area contributed by atoms with Gasteiger partial charge in [-0.3, -0.25) is 4.90 Å². The topological polar surface area (TPSA) is 109 Å². The predicted molar refractivity (Wildman–Crippen MR) is 165 cm³/mol.